The van der Waals surface area contributed by atoms with Gasteiger partial charge in [-0.15, -0.1) is 0 Å². The number of carbonyl (C=O) groups is 1. The molecule has 0 bridgehead atoms. The van der Waals surface area contributed by atoms with Crippen molar-refractivity contribution < 1.29 is 4.79 Å². The number of rotatable bonds is 3. The lowest BCUT2D eigenvalue weighted by atomic mass is 10.1. The van der Waals surface area contributed by atoms with Gasteiger partial charge in [-0.25, -0.2) is 0 Å². The van der Waals surface area contributed by atoms with E-state index in [2.05, 4.69) is 13.8 Å². The molecule has 1 fully saturated rings. The fourth-order valence-electron chi connectivity index (χ4n) is 2.54. The van der Waals surface area contributed by atoms with Crippen LogP contribution in [0.2, 0.25) is 0 Å². The van der Waals surface area contributed by atoms with Gasteiger partial charge in [0.15, 0.2) is 0 Å². The Balaban J connectivity index is 1.87. The standard InChI is InChI=1S/C15H22N2OS/c1-11-9-17(10-12(2)19-11)15(18)7-6-13-4-3-5-14(16)8-13/h3-5,8,11-12H,6-7,9-10,16H2,1-2H3. The number of benzene rings is 1. The van der Waals surface area contributed by atoms with Crippen molar-refractivity contribution in [2.75, 3.05) is 18.8 Å². The molecule has 1 aliphatic rings. The molecule has 1 aromatic carbocycles. The third kappa shape index (κ3) is 4.16. The monoisotopic (exact) mass is 278 g/mol. The van der Waals surface area contributed by atoms with Crippen molar-refractivity contribution in [3.8, 4) is 0 Å². The minimum atomic E-state index is 0.265. The van der Waals surface area contributed by atoms with E-state index < -0.39 is 0 Å². The highest BCUT2D eigenvalue weighted by molar-refractivity contribution is 8.00. The summed E-state index contributed by atoms with van der Waals surface area (Å²) < 4.78 is 0. The summed E-state index contributed by atoms with van der Waals surface area (Å²) in [5.74, 6) is 0.265. The van der Waals surface area contributed by atoms with Crippen molar-refractivity contribution in [3.63, 3.8) is 0 Å². The fraction of sp³-hybridized carbons (Fsp3) is 0.533. The quantitative estimate of drug-likeness (QED) is 0.864. The van der Waals surface area contributed by atoms with Gasteiger partial charge in [-0.3, -0.25) is 4.79 Å². The van der Waals surface area contributed by atoms with Crippen LogP contribution < -0.4 is 5.73 Å². The lowest BCUT2D eigenvalue weighted by Gasteiger charge is -2.34. The second kappa shape index (κ2) is 6.33. The van der Waals surface area contributed by atoms with Crippen LogP contribution in [0.1, 0.15) is 25.8 Å². The molecule has 19 heavy (non-hydrogen) atoms. The number of nitrogen functional groups attached to an aromatic ring is 1. The number of amides is 1. The van der Waals surface area contributed by atoms with E-state index in [-0.39, 0.29) is 5.91 Å². The average molecular weight is 278 g/mol. The van der Waals surface area contributed by atoms with E-state index in [9.17, 15) is 4.79 Å². The SMILES string of the molecule is CC1CN(C(=O)CCc2cccc(N)c2)CC(C)S1. The minimum Gasteiger partial charge on any atom is -0.399 e. The van der Waals surface area contributed by atoms with E-state index in [0.29, 0.717) is 16.9 Å². The van der Waals surface area contributed by atoms with Crippen LogP contribution in [0.25, 0.3) is 0 Å². The molecule has 0 saturated carbocycles. The molecule has 0 aliphatic carbocycles. The largest absolute Gasteiger partial charge is 0.399 e. The maximum absolute atomic E-state index is 12.2. The molecule has 1 heterocycles. The first kappa shape index (κ1) is 14.3. The van der Waals surface area contributed by atoms with Gasteiger partial charge in [0.2, 0.25) is 5.91 Å². The summed E-state index contributed by atoms with van der Waals surface area (Å²) in [6.07, 6.45) is 1.35. The second-order valence-corrected chi connectivity index (χ2v) is 7.18. The zero-order valence-corrected chi connectivity index (χ0v) is 12.5. The predicted molar refractivity (Wildman–Crippen MR) is 82.3 cm³/mol. The van der Waals surface area contributed by atoms with E-state index in [0.717, 1.165) is 30.8 Å². The molecule has 1 aromatic rings. The number of hydrogen-bond acceptors (Lipinski definition) is 3. The molecule has 0 spiro atoms. The zero-order chi connectivity index (χ0) is 13.8. The molecule has 2 rings (SSSR count). The molecule has 1 aliphatic heterocycles. The molecular weight excluding hydrogens is 256 g/mol. The number of carbonyl (C=O) groups excluding carboxylic acids is 1. The van der Waals surface area contributed by atoms with E-state index in [1.54, 1.807) is 0 Å². The third-order valence-electron chi connectivity index (χ3n) is 3.35. The van der Waals surface area contributed by atoms with Crippen LogP contribution in [0.5, 0.6) is 0 Å². The summed E-state index contributed by atoms with van der Waals surface area (Å²) >= 11 is 1.97. The number of nitrogens with zero attached hydrogens (tertiary/aromatic N) is 1. The Bertz CT molecular complexity index is 440. The van der Waals surface area contributed by atoms with Crippen LogP contribution in [0.3, 0.4) is 0 Å². The van der Waals surface area contributed by atoms with E-state index >= 15 is 0 Å². The van der Waals surface area contributed by atoms with Crippen LogP contribution in [0, 0.1) is 0 Å². The molecule has 0 aromatic heterocycles. The van der Waals surface area contributed by atoms with E-state index in [4.69, 9.17) is 5.73 Å². The van der Waals surface area contributed by atoms with Gasteiger partial charge in [0.05, 0.1) is 0 Å². The van der Waals surface area contributed by atoms with Crippen LogP contribution in [-0.2, 0) is 11.2 Å². The van der Waals surface area contributed by atoms with Gasteiger partial charge in [0, 0.05) is 35.7 Å². The molecule has 1 amide bonds. The predicted octanol–water partition coefficient (Wildman–Crippen LogP) is 2.55. The van der Waals surface area contributed by atoms with Gasteiger partial charge in [0.1, 0.15) is 0 Å². The minimum absolute atomic E-state index is 0.265. The summed E-state index contributed by atoms with van der Waals surface area (Å²) in [6.45, 7) is 6.15. The first-order valence-corrected chi connectivity index (χ1v) is 7.76. The maximum Gasteiger partial charge on any atom is 0.222 e. The Morgan fingerprint density at radius 1 is 1.37 bits per heavy atom. The number of aryl methyl sites for hydroxylation is 1. The molecule has 2 N–H and O–H groups in total. The molecule has 3 nitrogen and oxygen atoms in total. The van der Waals surface area contributed by atoms with Gasteiger partial charge in [-0.2, -0.15) is 11.8 Å². The van der Waals surface area contributed by atoms with Crippen molar-refractivity contribution in [2.24, 2.45) is 0 Å². The van der Waals surface area contributed by atoms with Gasteiger partial charge in [0.25, 0.3) is 0 Å². The fourth-order valence-corrected chi connectivity index (χ4v) is 3.86. The van der Waals surface area contributed by atoms with Crippen LogP contribution >= 0.6 is 11.8 Å². The molecular formula is C15H22N2OS. The number of hydrogen-bond donors (Lipinski definition) is 1. The first-order chi connectivity index (χ1) is 9.04. The van der Waals surface area contributed by atoms with E-state index in [1.807, 2.05) is 40.9 Å². The van der Waals surface area contributed by atoms with Crippen molar-refractivity contribution in [2.45, 2.75) is 37.2 Å². The summed E-state index contributed by atoms with van der Waals surface area (Å²) in [7, 11) is 0. The van der Waals surface area contributed by atoms with Gasteiger partial charge < -0.3 is 10.6 Å². The second-order valence-electron chi connectivity index (χ2n) is 5.30. The smallest absolute Gasteiger partial charge is 0.222 e. The number of nitrogens with two attached hydrogens (primary N) is 1. The van der Waals surface area contributed by atoms with Crippen LogP contribution in [0.4, 0.5) is 5.69 Å². The van der Waals surface area contributed by atoms with Crippen LogP contribution in [0.15, 0.2) is 24.3 Å². The highest BCUT2D eigenvalue weighted by Crippen LogP contribution is 2.25. The Kier molecular flexibility index (Phi) is 4.75. The molecule has 4 heteroatoms. The Morgan fingerprint density at radius 3 is 2.68 bits per heavy atom. The summed E-state index contributed by atoms with van der Waals surface area (Å²) in [4.78, 5) is 14.2. The Labute approximate surface area is 119 Å². The van der Waals surface area contributed by atoms with Crippen molar-refractivity contribution in [3.05, 3.63) is 29.8 Å². The van der Waals surface area contributed by atoms with Gasteiger partial charge >= 0.3 is 0 Å². The number of anilines is 1. The average Bonchev–Trinajstić information content (AvgIpc) is 2.35. The Morgan fingerprint density at radius 2 is 2.05 bits per heavy atom. The normalized spacial score (nSPS) is 23.4. The maximum atomic E-state index is 12.2. The molecule has 104 valence electrons. The van der Waals surface area contributed by atoms with E-state index in [1.165, 1.54) is 0 Å². The lowest BCUT2D eigenvalue weighted by molar-refractivity contribution is -0.131. The van der Waals surface area contributed by atoms with Crippen molar-refractivity contribution in [1.29, 1.82) is 0 Å². The summed E-state index contributed by atoms with van der Waals surface area (Å²) in [6, 6.07) is 7.79. The molecule has 1 saturated heterocycles. The highest BCUT2D eigenvalue weighted by Gasteiger charge is 2.25. The first-order valence-electron chi connectivity index (χ1n) is 6.82. The molecule has 0 radical (unpaired) electrons. The molecule has 2 unspecified atom stereocenters. The van der Waals surface area contributed by atoms with Crippen molar-refractivity contribution >= 4 is 23.4 Å². The van der Waals surface area contributed by atoms with Gasteiger partial charge in [-0.1, -0.05) is 26.0 Å². The number of thioether (sulfide) groups is 1. The van der Waals surface area contributed by atoms with Crippen molar-refractivity contribution in [1.82, 2.24) is 4.90 Å². The van der Waals surface area contributed by atoms with Gasteiger partial charge in [-0.05, 0) is 24.1 Å². The zero-order valence-electron chi connectivity index (χ0n) is 11.6. The highest BCUT2D eigenvalue weighted by atomic mass is 32.2. The van der Waals surface area contributed by atoms with Crippen LogP contribution in [-0.4, -0.2) is 34.4 Å². The summed E-state index contributed by atoms with van der Waals surface area (Å²) in [5, 5.41) is 1.08. The topological polar surface area (TPSA) is 46.3 Å². The Hall–Kier alpha value is -1.16. The third-order valence-corrected chi connectivity index (χ3v) is 4.58. The molecule has 2 atom stereocenters. The summed E-state index contributed by atoms with van der Waals surface area (Å²) in [5.41, 5.74) is 7.65. The lowest BCUT2D eigenvalue weighted by Crippen LogP contribution is -2.44.